The van der Waals surface area contributed by atoms with E-state index in [-0.39, 0.29) is 12.4 Å². The molecule has 0 radical (unpaired) electrons. The molecule has 0 amide bonds. The maximum atomic E-state index is 5.72. The zero-order valence-electron chi connectivity index (χ0n) is 9.75. The summed E-state index contributed by atoms with van der Waals surface area (Å²) in [5, 5.41) is 0. The first kappa shape index (κ1) is 13.1. The Hall–Kier alpha value is -0.930. The van der Waals surface area contributed by atoms with Crippen molar-refractivity contribution < 1.29 is 27.6 Å². The van der Waals surface area contributed by atoms with Gasteiger partial charge in [-0.1, -0.05) is 0 Å². The van der Waals surface area contributed by atoms with Gasteiger partial charge >= 0.3 is 0 Å². The van der Waals surface area contributed by atoms with Gasteiger partial charge in [-0.15, -0.1) is 0 Å². The Labute approximate surface area is 102 Å². The van der Waals surface area contributed by atoms with Gasteiger partial charge in [0.05, 0.1) is 13.7 Å². The van der Waals surface area contributed by atoms with E-state index in [0.29, 0.717) is 6.10 Å². The van der Waals surface area contributed by atoms with Crippen molar-refractivity contribution >= 4 is 0 Å². The standard InChI is InChI=1S/C12H17NO2.ClH/c1-8-5-10-7-11(14-2)9(3-4-13)6-12(10)15-8;/h6-8H,3-5,13H2,1-2H3;1H. The Bertz CT molecular complexity index is 368. The lowest BCUT2D eigenvalue weighted by atomic mass is 10.0. The second-order valence-corrected chi connectivity index (χ2v) is 4.01. The van der Waals surface area contributed by atoms with Crippen LogP contribution in [0.4, 0.5) is 0 Å². The van der Waals surface area contributed by atoms with Crippen LogP contribution in [0.2, 0.25) is 0 Å². The molecule has 90 valence electrons. The van der Waals surface area contributed by atoms with E-state index in [4.69, 9.17) is 9.47 Å². The topological polar surface area (TPSA) is 46.1 Å². The fraction of sp³-hybridized carbons (Fsp3) is 0.500. The molecule has 3 nitrogen and oxygen atoms in total. The van der Waals surface area contributed by atoms with Gasteiger partial charge in [0.2, 0.25) is 0 Å². The van der Waals surface area contributed by atoms with E-state index in [1.54, 1.807) is 7.11 Å². The summed E-state index contributed by atoms with van der Waals surface area (Å²) in [6.45, 7) is 2.97. The van der Waals surface area contributed by atoms with E-state index in [1.165, 1.54) is 11.1 Å². The van der Waals surface area contributed by atoms with Gasteiger partial charge in [0, 0.05) is 24.0 Å². The molecule has 1 heterocycles. The number of methoxy groups -OCH3 is 1. The maximum Gasteiger partial charge on any atom is 0.123 e. The molecule has 0 fully saturated rings. The number of ether oxygens (including phenoxy) is 2. The highest BCUT2D eigenvalue weighted by Gasteiger charge is 2.21. The fourth-order valence-corrected chi connectivity index (χ4v) is 2.06. The van der Waals surface area contributed by atoms with Gasteiger partial charge in [0.25, 0.3) is 0 Å². The summed E-state index contributed by atoms with van der Waals surface area (Å²) in [5.74, 6) is 1.99. The second kappa shape index (κ2) is 5.41. The lowest BCUT2D eigenvalue weighted by Crippen LogP contribution is -3.00. The molecule has 1 aliphatic rings. The van der Waals surface area contributed by atoms with E-state index in [2.05, 4.69) is 24.8 Å². The molecule has 0 aromatic heterocycles. The average Bonchev–Trinajstić information content (AvgIpc) is 2.56. The van der Waals surface area contributed by atoms with Gasteiger partial charge in [-0.25, -0.2) is 0 Å². The molecule has 0 bridgehead atoms. The molecule has 0 saturated heterocycles. The summed E-state index contributed by atoms with van der Waals surface area (Å²) in [6, 6.07) is 4.20. The van der Waals surface area contributed by atoms with Crippen molar-refractivity contribution in [2.75, 3.05) is 13.7 Å². The van der Waals surface area contributed by atoms with Crippen molar-refractivity contribution in [1.29, 1.82) is 0 Å². The number of fused-ring (bicyclic) bond motifs is 1. The highest BCUT2D eigenvalue weighted by atomic mass is 35.5. The first-order valence-corrected chi connectivity index (χ1v) is 5.40. The first-order valence-electron chi connectivity index (χ1n) is 5.40. The van der Waals surface area contributed by atoms with E-state index in [0.717, 1.165) is 30.9 Å². The van der Waals surface area contributed by atoms with Crippen LogP contribution in [0.15, 0.2) is 12.1 Å². The maximum absolute atomic E-state index is 5.72. The van der Waals surface area contributed by atoms with Gasteiger partial charge < -0.3 is 27.6 Å². The van der Waals surface area contributed by atoms with E-state index >= 15 is 0 Å². The summed E-state index contributed by atoms with van der Waals surface area (Å²) in [6.07, 6.45) is 2.21. The molecule has 0 spiro atoms. The Morgan fingerprint density at radius 3 is 2.88 bits per heavy atom. The Kier molecular flexibility index (Phi) is 4.44. The van der Waals surface area contributed by atoms with E-state index in [9.17, 15) is 0 Å². The zero-order valence-corrected chi connectivity index (χ0v) is 10.5. The molecule has 4 heteroatoms. The van der Waals surface area contributed by atoms with Crippen molar-refractivity contribution in [3.8, 4) is 11.5 Å². The lowest BCUT2D eigenvalue weighted by molar-refractivity contribution is -0.366. The lowest BCUT2D eigenvalue weighted by Gasteiger charge is -2.09. The minimum absolute atomic E-state index is 0. The zero-order chi connectivity index (χ0) is 10.8. The third-order valence-electron chi connectivity index (χ3n) is 2.75. The van der Waals surface area contributed by atoms with Crippen LogP contribution in [0.1, 0.15) is 18.1 Å². The molecule has 1 aliphatic heterocycles. The number of hydrogen-bond donors (Lipinski definition) is 1. The van der Waals surface area contributed by atoms with Crippen molar-refractivity contribution in [2.45, 2.75) is 25.9 Å². The molecule has 0 aliphatic carbocycles. The molecule has 3 N–H and O–H groups in total. The minimum atomic E-state index is 0. The highest BCUT2D eigenvalue weighted by Crippen LogP contribution is 2.34. The predicted molar refractivity (Wildman–Crippen MR) is 58.2 cm³/mol. The SMILES string of the molecule is COc1cc2c(cc1CC[NH3+])OC(C)C2.[Cl-]. The van der Waals surface area contributed by atoms with Gasteiger partial charge in [0.1, 0.15) is 17.6 Å². The van der Waals surface area contributed by atoms with E-state index < -0.39 is 0 Å². The number of quaternary nitrogens is 1. The van der Waals surface area contributed by atoms with Crippen LogP contribution >= 0.6 is 0 Å². The average molecular weight is 244 g/mol. The minimum Gasteiger partial charge on any atom is -1.00 e. The van der Waals surface area contributed by atoms with E-state index in [1.807, 2.05) is 0 Å². The summed E-state index contributed by atoms with van der Waals surface area (Å²) >= 11 is 0. The van der Waals surface area contributed by atoms with Crippen molar-refractivity contribution in [3.05, 3.63) is 23.3 Å². The molecule has 1 aromatic rings. The van der Waals surface area contributed by atoms with Crippen LogP contribution in [0.3, 0.4) is 0 Å². The number of halogens is 1. The van der Waals surface area contributed by atoms with Gasteiger partial charge in [-0.05, 0) is 19.1 Å². The number of benzene rings is 1. The smallest absolute Gasteiger partial charge is 0.123 e. The molecule has 0 saturated carbocycles. The van der Waals surface area contributed by atoms with Crippen LogP contribution in [0, 0.1) is 0 Å². The summed E-state index contributed by atoms with van der Waals surface area (Å²) < 4.78 is 11.1. The quantitative estimate of drug-likeness (QED) is 0.656. The molecule has 1 aromatic carbocycles. The van der Waals surface area contributed by atoms with Crippen LogP contribution in [0.5, 0.6) is 11.5 Å². The van der Waals surface area contributed by atoms with Crippen LogP contribution in [-0.2, 0) is 12.8 Å². The monoisotopic (exact) mass is 243 g/mol. The van der Waals surface area contributed by atoms with Gasteiger partial charge in [0.15, 0.2) is 0 Å². The largest absolute Gasteiger partial charge is 1.00 e. The number of rotatable bonds is 3. The van der Waals surface area contributed by atoms with Gasteiger partial charge in [-0.3, -0.25) is 0 Å². The summed E-state index contributed by atoms with van der Waals surface area (Å²) in [5.41, 5.74) is 6.32. The molecule has 16 heavy (non-hydrogen) atoms. The molecule has 1 unspecified atom stereocenters. The predicted octanol–water partition coefficient (Wildman–Crippen LogP) is -2.19. The normalized spacial score (nSPS) is 17.3. The highest BCUT2D eigenvalue weighted by molar-refractivity contribution is 5.48. The van der Waals surface area contributed by atoms with Crippen molar-refractivity contribution in [1.82, 2.24) is 0 Å². The Balaban J connectivity index is 0.00000128. The van der Waals surface area contributed by atoms with Crippen molar-refractivity contribution in [3.63, 3.8) is 0 Å². The van der Waals surface area contributed by atoms with Crippen LogP contribution in [-0.4, -0.2) is 19.8 Å². The van der Waals surface area contributed by atoms with Crippen LogP contribution in [0.25, 0.3) is 0 Å². The molecule has 1 atom stereocenters. The van der Waals surface area contributed by atoms with Crippen molar-refractivity contribution in [2.24, 2.45) is 0 Å². The third kappa shape index (κ3) is 2.42. The summed E-state index contributed by atoms with van der Waals surface area (Å²) in [7, 11) is 1.72. The van der Waals surface area contributed by atoms with Gasteiger partial charge in [-0.2, -0.15) is 0 Å². The Morgan fingerprint density at radius 2 is 2.25 bits per heavy atom. The first-order chi connectivity index (χ1) is 7.24. The number of hydrogen-bond acceptors (Lipinski definition) is 2. The third-order valence-corrected chi connectivity index (χ3v) is 2.75. The summed E-state index contributed by atoms with van der Waals surface area (Å²) in [4.78, 5) is 0. The molecular formula is C12H18ClNO2. The molecule has 2 rings (SSSR count). The van der Waals surface area contributed by atoms with Crippen LogP contribution < -0.4 is 27.6 Å². The molecular weight excluding hydrogens is 226 g/mol. The Morgan fingerprint density at radius 1 is 1.50 bits per heavy atom. The second-order valence-electron chi connectivity index (χ2n) is 4.01. The fourth-order valence-electron chi connectivity index (χ4n) is 2.06.